The molecular weight excluding hydrogens is 274 g/mol. The van der Waals surface area contributed by atoms with E-state index in [2.05, 4.69) is 4.90 Å². The first-order chi connectivity index (χ1) is 9.82. The Morgan fingerprint density at radius 3 is 2.48 bits per heavy atom. The van der Waals surface area contributed by atoms with Crippen molar-refractivity contribution < 1.29 is 24.5 Å². The van der Waals surface area contributed by atoms with Gasteiger partial charge in [-0.3, -0.25) is 4.90 Å². The predicted molar refractivity (Wildman–Crippen MR) is 76.7 cm³/mol. The normalized spacial score (nSPS) is 33.8. The van der Waals surface area contributed by atoms with Gasteiger partial charge in [-0.05, 0) is 25.7 Å². The van der Waals surface area contributed by atoms with Crippen LogP contribution in [0, 0.1) is 5.92 Å². The summed E-state index contributed by atoms with van der Waals surface area (Å²) in [5.41, 5.74) is -1.67. The number of aliphatic hydroxyl groups is 2. The van der Waals surface area contributed by atoms with E-state index in [1.807, 2.05) is 0 Å². The van der Waals surface area contributed by atoms with E-state index in [9.17, 15) is 15.0 Å². The molecule has 2 aliphatic heterocycles. The minimum absolute atomic E-state index is 0.136. The Morgan fingerprint density at radius 2 is 1.90 bits per heavy atom. The first kappa shape index (κ1) is 16.7. The maximum Gasteiger partial charge on any atom is 0.341 e. The second kappa shape index (κ2) is 6.20. The number of carbonyl (C=O) groups is 1. The van der Waals surface area contributed by atoms with E-state index in [0.717, 1.165) is 13.1 Å². The zero-order chi connectivity index (χ0) is 15.8. The lowest BCUT2D eigenvalue weighted by molar-refractivity contribution is -0.194. The van der Waals surface area contributed by atoms with E-state index in [0.29, 0.717) is 12.8 Å². The molecule has 0 amide bonds. The molecule has 0 aromatic rings. The summed E-state index contributed by atoms with van der Waals surface area (Å²) in [4.78, 5) is 14.7. The minimum Gasteiger partial charge on any atom is -0.458 e. The van der Waals surface area contributed by atoms with E-state index in [1.165, 1.54) is 7.11 Å². The quantitative estimate of drug-likeness (QED) is 0.704. The van der Waals surface area contributed by atoms with Crippen LogP contribution in [0.1, 0.15) is 33.6 Å². The molecule has 5 atom stereocenters. The van der Waals surface area contributed by atoms with Crippen LogP contribution in [-0.4, -0.2) is 71.2 Å². The number of aliphatic hydroxyl groups excluding tert-OH is 1. The average Bonchev–Trinajstić information content (AvgIpc) is 3.01. The van der Waals surface area contributed by atoms with Crippen molar-refractivity contribution in [2.75, 3.05) is 20.2 Å². The number of nitrogens with zero attached hydrogens (tertiary/aromatic N) is 1. The van der Waals surface area contributed by atoms with Gasteiger partial charge in [-0.2, -0.15) is 0 Å². The summed E-state index contributed by atoms with van der Waals surface area (Å²) in [5.74, 6) is -0.983. The molecule has 0 bridgehead atoms. The van der Waals surface area contributed by atoms with Crippen molar-refractivity contribution >= 4 is 5.97 Å². The Balaban J connectivity index is 2.09. The van der Waals surface area contributed by atoms with Gasteiger partial charge in [0, 0.05) is 20.2 Å². The zero-order valence-electron chi connectivity index (χ0n) is 13.3. The number of rotatable bonds is 5. The Kier molecular flexibility index (Phi) is 4.92. The SMILES string of the molecule is CO[C@H](C)[C@](O)(C(=O)O[C@@H]1CCN2CC[C@H](O)[C@@H]12)C(C)C. The van der Waals surface area contributed by atoms with Gasteiger partial charge in [0.1, 0.15) is 6.10 Å². The van der Waals surface area contributed by atoms with E-state index in [4.69, 9.17) is 9.47 Å². The van der Waals surface area contributed by atoms with Crippen LogP contribution in [-0.2, 0) is 14.3 Å². The van der Waals surface area contributed by atoms with Crippen molar-refractivity contribution in [3.8, 4) is 0 Å². The standard InChI is InChI=1S/C15H27NO5/c1-9(2)15(19,10(3)20-4)14(18)21-12-6-8-16-7-5-11(17)13(12)16/h9-13,17,19H,5-8H2,1-4H3/t10-,11+,12-,13+,15+/m1/s1. The van der Waals surface area contributed by atoms with Crippen molar-refractivity contribution in [1.29, 1.82) is 0 Å². The predicted octanol–water partition coefficient (Wildman–Crippen LogP) is 0.159. The number of ether oxygens (including phenoxy) is 2. The van der Waals surface area contributed by atoms with Gasteiger partial charge < -0.3 is 19.7 Å². The van der Waals surface area contributed by atoms with Crippen molar-refractivity contribution in [3.63, 3.8) is 0 Å². The van der Waals surface area contributed by atoms with Crippen LogP contribution in [0.3, 0.4) is 0 Å². The van der Waals surface area contributed by atoms with Gasteiger partial charge >= 0.3 is 5.97 Å². The van der Waals surface area contributed by atoms with Gasteiger partial charge in [0.15, 0.2) is 5.60 Å². The summed E-state index contributed by atoms with van der Waals surface area (Å²) >= 11 is 0. The van der Waals surface area contributed by atoms with Crippen LogP contribution in [0.5, 0.6) is 0 Å². The van der Waals surface area contributed by atoms with Gasteiger partial charge in [0.2, 0.25) is 0 Å². The van der Waals surface area contributed by atoms with Gasteiger partial charge in [-0.15, -0.1) is 0 Å². The first-order valence-corrected chi connectivity index (χ1v) is 7.70. The lowest BCUT2D eigenvalue weighted by atomic mass is 9.85. The number of methoxy groups -OCH3 is 1. The van der Waals surface area contributed by atoms with Crippen LogP contribution in [0.15, 0.2) is 0 Å². The fraction of sp³-hybridized carbons (Fsp3) is 0.933. The molecule has 0 aromatic carbocycles. The second-order valence-corrected chi connectivity index (χ2v) is 6.47. The lowest BCUT2D eigenvalue weighted by Gasteiger charge is -2.36. The Hall–Kier alpha value is -0.690. The molecule has 2 fully saturated rings. The summed E-state index contributed by atoms with van der Waals surface area (Å²) in [5, 5.41) is 20.7. The topological polar surface area (TPSA) is 79.2 Å². The number of fused-ring (bicyclic) bond motifs is 1. The Bertz CT molecular complexity index is 388. The van der Waals surface area contributed by atoms with Crippen LogP contribution in [0.2, 0.25) is 0 Å². The monoisotopic (exact) mass is 301 g/mol. The third-order valence-electron chi connectivity index (χ3n) is 5.05. The molecule has 122 valence electrons. The molecule has 2 saturated heterocycles. The van der Waals surface area contributed by atoms with Crippen molar-refractivity contribution in [3.05, 3.63) is 0 Å². The largest absolute Gasteiger partial charge is 0.458 e. The Labute approximate surface area is 126 Å². The Morgan fingerprint density at radius 1 is 1.29 bits per heavy atom. The maximum atomic E-state index is 12.5. The highest BCUT2D eigenvalue weighted by atomic mass is 16.6. The average molecular weight is 301 g/mol. The lowest BCUT2D eigenvalue weighted by Crippen LogP contribution is -2.55. The van der Waals surface area contributed by atoms with Crippen molar-refractivity contribution in [1.82, 2.24) is 4.90 Å². The molecule has 2 aliphatic rings. The van der Waals surface area contributed by atoms with Gasteiger partial charge in [-0.25, -0.2) is 4.79 Å². The van der Waals surface area contributed by atoms with Gasteiger partial charge in [-0.1, -0.05) is 13.8 Å². The minimum atomic E-state index is -1.67. The molecule has 2 rings (SSSR count). The molecule has 2 heterocycles. The summed E-state index contributed by atoms with van der Waals surface area (Å²) in [6, 6.07) is -0.136. The molecule has 0 aliphatic carbocycles. The van der Waals surface area contributed by atoms with Crippen LogP contribution >= 0.6 is 0 Å². The van der Waals surface area contributed by atoms with Crippen molar-refractivity contribution in [2.24, 2.45) is 5.92 Å². The van der Waals surface area contributed by atoms with E-state index in [1.54, 1.807) is 20.8 Å². The first-order valence-electron chi connectivity index (χ1n) is 7.70. The third kappa shape index (κ3) is 2.82. The van der Waals surface area contributed by atoms with Crippen molar-refractivity contribution in [2.45, 2.75) is 63.6 Å². The molecule has 0 unspecified atom stereocenters. The van der Waals surface area contributed by atoms with Gasteiger partial charge in [0.25, 0.3) is 0 Å². The second-order valence-electron chi connectivity index (χ2n) is 6.47. The summed E-state index contributed by atoms with van der Waals surface area (Å²) < 4.78 is 10.7. The molecular formula is C15H27NO5. The van der Waals surface area contributed by atoms with E-state index < -0.39 is 23.8 Å². The van der Waals surface area contributed by atoms with Crippen LogP contribution in [0.25, 0.3) is 0 Å². The highest BCUT2D eigenvalue weighted by Crippen LogP contribution is 2.33. The zero-order valence-corrected chi connectivity index (χ0v) is 13.3. The molecule has 0 spiro atoms. The number of hydrogen-bond acceptors (Lipinski definition) is 6. The fourth-order valence-corrected chi connectivity index (χ4v) is 3.48. The molecule has 0 radical (unpaired) electrons. The van der Waals surface area contributed by atoms with Gasteiger partial charge in [0.05, 0.1) is 18.2 Å². The van der Waals surface area contributed by atoms with Crippen LogP contribution in [0.4, 0.5) is 0 Å². The highest BCUT2D eigenvalue weighted by Gasteiger charge is 2.51. The van der Waals surface area contributed by atoms with E-state index in [-0.39, 0.29) is 18.1 Å². The molecule has 0 aromatic heterocycles. The highest BCUT2D eigenvalue weighted by molar-refractivity contribution is 5.80. The summed E-state index contributed by atoms with van der Waals surface area (Å²) in [6.45, 7) is 6.85. The molecule has 0 saturated carbocycles. The maximum absolute atomic E-state index is 12.5. The molecule has 21 heavy (non-hydrogen) atoms. The van der Waals surface area contributed by atoms with Crippen LogP contribution < -0.4 is 0 Å². The van der Waals surface area contributed by atoms with E-state index >= 15 is 0 Å². The number of hydrogen-bond donors (Lipinski definition) is 2. The third-order valence-corrected chi connectivity index (χ3v) is 5.05. The smallest absolute Gasteiger partial charge is 0.341 e. The molecule has 2 N–H and O–H groups in total. The molecule has 6 heteroatoms. The summed E-state index contributed by atoms with van der Waals surface area (Å²) in [7, 11) is 1.46. The summed E-state index contributed by atoms with van der Waals surface area (Å²) in [6.07, 6.45) is -0.0670. The number of carbonyl (C=O) groups excluding carboxylic acids is 1. The fourth-order valence-electron chi connectivity index (χ4n) is 3.48. The number of esters is 1. The molecule has 6 nitrogen and oxygen atoms in total.